The highest BCUT2D eigenvalue weighted by Gasteiger charge is 2.11. The van der Waals surface area contributed by atoms with Gasteiger partial charge in [-0.25, -0.2) is 0 Å². The molecule has 20 heavy (non-hydrogen) atoms. The number of rotatable bonds is 2. The van der Waals surface area contributed by atoms with Crippen molar-refractivity contribution in [1.29, 1.82) is 0 Å². The number of halogens is 1. The number of aromatic hydroxyl groups is 1. The molecular formula is C15H15BrN2O2. The van der Waals surface area contributed by atoms with Gasteiger partial charge in [0.2, 0.25) is 0 Å². The number of amides is 1. The molecule has 2 aromatic carbocycles. The lowest BCUT2D eigenvalue weighted by atomic mass is 10.1. The Kier molecular flexibility index (Phi) is 3.99. The predicted octanol–water partition coefficient (Wildman–Crippen LogP) is 3.61. The van der Waals surface area contributed by atoms with Gasteiger partial charge in [-0.1, -0.05) is 6.07 Å². The van der Waals surface area contributed by atoms with Crippen molar-refractivity contribution in [3.05, 3.63) is 51.5 Å². The highest BCUT2D eigenvalue weighted by molar-refractivity contribution is 9.10. The van der Waals surface area contributed by atoms with Gasteiger partial charge in [-0.2, -0.15) is 0 Å². The maximum absolute atomic E-state index is 12.1. The second kappa shape index (κ2) is 5.54. The van der Waals surface area contributed by atoms with Crippen molar-refractivity contribution in [2.75, 3.05) is 11.1 Å². The first-order valence-corrected chi connectivity index (χ1v) is 6.84. The Hall–Kier alpha value is -2.01. The lowest BCUT2D eigenvalue weighted by Crippen LogP contribution is -2.13. The molecule has 2 rings (SSSR count). The van der Waals surface area contributed by atoms with Crippen LogP contribution in [0.15, 0.2) is 34.8 Å². The third kappa shape index (κ3) is 2.93. The summed E-state index contributed by atoms with van der Waals surface area (Å²) < 4.78 is 0.546. The number of anilines is 2. The van der Waals surface area contributed by atoms with Crippen LogP contribution >= 0.6 is 15.9 Å². The minimum absolute atomic E-state index is 0.0257. The molecule has 1 amide bonds. The molecule has 0 bridgehead atoms. The first kappa shape index (κ1) is 14.4. The first-order valence-electron chi connectivity index (χ1n) is 6.05. The second-order valence-electron chi connectivity index (χ2n) is 4.64. The molecule has 0 radical (unpaired) electrons. The van der Waals surface area contributed by atoms with Crippen molar-refractivity contribution in [3.63, 3.8) is 0 Å². The molecule has 5 heteroatoms. The largest absolute Gasteiger partial charge is 0.507 e. The third-order valence-corrected chi connectivity index (χ3v) is 3.74. The summed E-state index contributed by atoms with van der Waals surface area (Å²) in [4.78, 5) is 12.1. The number of carbonyl (C=O) groups excluding carboxylic acids is 1. The van der Waals surface area contributed by atoms with Crippen molar-refractivity contribution in [2.45, 2.75) is 13.8 Å². The molecule has 0 unspecified atom stereocenters. The fraction of sp³-hybridized carbons (Fsp3) is 0.133. The van der Waals surface area contributed by atoms with Gasteiger partial charge < -0.3 is 16.2 Å². The van der Waals surface area contributed by atoms with Gasteiger partial charge in [0.15, 0.2) is 0 Å². The lowest BCUT2D eigenvalue weighted by molar-refractivity contribution is 0.102. The number of hydrogen-bond donors (Lipinski definition) is 3. The van der Waals surface area contributed by atoms with Crippen LogP contribution < -0.4 is 11.1 Å². The summed E-state index contributed by atoms with van der Waals surface area (Å²) in [6.07, 6.45) is 0. The molecule has 0 saturated carbocycles. The molecule has 4 N–H and O–H groups in total. The van der Waals surface area contributed by atoms with Gasteiger partial charge in [-0.05, 0) is 65.2 Å². The van der Waals surface area contributed by atoms with E-state index in [9.17, 15) is 9.90 Å². The van der Waals surface area contributed by atoms with E-state index in [0.717, 1.165) is 11.1 Å². The summed E-state index contributed by atoms with van der Waals surface area (Å²) >= 11 is 3.18. The number of nitrogens with two attached hydrogens (primary N) is 1. The van der Waals surface area contributed by atoms with Gasteiger partial charge in [0.05, 0.1) is 4.47 Å². The Morgan fingerprint density at radius 1 is 1.20 bits per heavy atom. The Morgan fingerprint density at radius 3 is 2.55 bits per heavy atom. The van der Waals surface area contributed by atoms with Crippen LogP contribution in [0.3, 0.4) is 0 Å². The lowest BCUT2D eigenvalue weighted by Gasteiger charge is -2.11. The molecule has 104 valence electrons. The fourth-order valence-electron chi connectivity index (χ4n) is 1.85. The van der Waals surface area contributed by atoms with E-state index in [-0.39, 0.29) is 11.7 Å². The van der Waals surface area contributed by atoms with Crippen molar-refractivity contribution >= 4 is 33.2 Å². The van der Waals surface area contributed by atoms with E-state index in [0.29, 0.717) is 21.4 Å². The van der Waals surface area contributed by atoms with E-state index in [1.54, 1.807) is 18.2 Å². The summed E-state index contributed by atoms with van der Waals surface area (Å²) in [5.41, 5.74) is 9.44. The van der Waals surface area contributed by atoms with Gasteiger partial charge in [0, 0.05) is 16.9 Å². The zero-order valence-electron chi connectivity index (χ0n) is 11.2. The maximum Gasteiger partial charge on any atom is 0.255 e. The average molecular weight is 335 g/mol. The maximum atomic E-state index is 12.1. The summed E-state index contributed by atoms with van der Waals surface area (Å²) in [7, 11) is 0. The summed E-state index contributed by atoms with van der Waals surface area (Å²) in [6.45, 7) is 3.82. The van der Waals surface area contributed by atoms with Gasteiger partial charge in [-0.15, -0.1) is 0 Å². The van der Waals surface area contributed by atoms with Crippen molar-refractivity contribution in [1.82, 2.24) is 0 Å². The Morgan fingerprint density at radius 2 is 1.90 bits per heavy atom. The van der Waals surface area contributed by atoms with Gasteiger partial charge in [0.25, 0.3) is 5.91 Å². The standard InChI is InChI=1S/C15H15BrN2O2/c1-8-5-9(2)13(7-12(8)17)18-15(20)10-3-4-11(16)14(19)6-10/h3-7,19H,17H2,1-2H3,(H,18,20). The summed E-state index contributed by atoms with van der Waals surface area (Å²) in [5, 5.41) is 12.4. The summed E-state index contributed by atoms with van der Waals surface area (Å²) in [6, 6.07) is 8.32. The number of nitrogen functional groups attached to an aromatic ring is 1. The van der Waals surface area contributed by atoms with Crippen LogP contribution in [0, 0.1) is 13.8 Å². The molecule has 0 saturated heterocycles. The number of nitrogens with one attached hydrogen (secondary N) is 1. The fourth-order valence-corrected chi connectivity index (χ4v) is 2.10. The highest BCUT2D eigenvalue weighted by Crippen LogP contribution is 2.26. The Balaban J connectivity index is 2.27. The monoisotopic (exact) mass is 334 g/mol. The molecule has 0 aliphatic carbocycles. The van der Waals surface area contributed by atoms with E-state index >= 15 is 0 Å². The van der Waals surface area contributed by atoms with Crippen LogP contribution in [0.5, 0.6) is 5.75 Å². The van der Waals surface area contributed by atoms with Crippen molar-refractivity contribution in [2.24, 2.45) is 0 Å². The zero-order valence-corrected chi connectivity index (χ0v) is 12.8. The van der Waals surface area contributed by atoms with E-state index < -0.39 is 0 Å². The average Bonchev–Trinajstić information content (AvgIpc) is 2.39. The van der Waals surface area contributed by atoms with Crippen LogP contribution in [0.25, 0.3) is 0 Å². The van der Waals surface area contributed by atoms with Crippen LogP contribution in [0.2, 0.25) is 0 Å². The molecule has 0 atom stereocenters. The minimum Gasteiger partial charge on any atom is -0.507 e. The van der Waals surface area contributed by atoms with Gasteiger partial charge >= 0.3 is 0 Å². The van der Waals surface area contributed by atoms with Crippen LogP contribution in [-0.2, 0) is 0 Å². The number of aryl methyl sites for hydroxylation is 2. The van der Waals surface area contributed by atoms with Crippen molar-refractivity contribution < 1.29 is 9.90 Å². The van der Waals surface area contributed by atoms with E-state index in [4.69, 9.17) is 5.73 Å². The Bertz CT molecular complexity index is 684. The molecule has 0 aromatic heterocycles. The highest BCUT2D eigenvalue weighted by atomic mass is 79.9. The number of phenols is 1. The molecule has 0 spiro atoms. The molecule has 0 heterocycles. The van der Waals surface area contributed by atoms with Crippen LogP contribution in [-0.4, -0.2) is 11.0 Å². The molecule has 4 nitrogen and oxygen atoms in total. The normalized spacial score (nSPS) is 10.3. The zero-order chi connectivity index (χ0) is 14.9. The molecule has 0 fully saturated rings. The van der Waals surface area contributed by atoms with E-state index in [1.807, 2.05) is 19.9 Å². The third-order valence-electron chi connectivity index (χ3n) is 3.07. The molecule has 0 aliphatic rings. The quantitative estimate of drug-likeness (QED) is 0.734. The minimum atomic E-state index is -0.292. The molecular weight excluding hydrogens is 320 g/mol. The molecule has 0 aliphatic heterocycles. The van der Waals surface area contributed by atoms with Crippen LogP contribution in [0.1, 0.15) is 21.5 Å². The smallest absolute Gasteiger partial charge is 0.255 e. The molecule has 2 aromatic rings. The number of phenolic OH excluding ortho intramolecular Hbond substituents is 1. The first-order chi connectivity index (χ1) is 9.38. The van der Waals surface area contributed by atoms with Crippen molar-refractivity contribution in [3.8, 4) is 5.75 Å². The Labute approximate surface area is 125 Å². The number of benzene rings is 2. The van der Waals surface area contributed by atoms with E-state index in [2.05, 4.69) is 21.2 Å². The van der Waals surface area contributed by atoms with Crippen LogP contribution in [0.4, 0.5) is 11.4 Å². The summed E-state index contributed by atoms with van der Waals surface area (Å²) in [5.74, 6) is -0.267. The number of carbonyl (C=O) groups is 1. The SMILES string of the molecule is Cc1cc(C)c(NC(=O)c2ccc(Br)c(O)c2)cc1N. The van der Waals surface area contributed by atoms with Gasteiger partial charge in [0.1, 0.15) is 5.75 Å². The second-order valence-corrected chi connectivity index (χ2v) is 5.50. The topological polar surface area (TPSA) is 75.3 Å². The predicted molar refractivity (Wildman–Crippen MR) is 84.1 cm³/mol. The number of hydrogen-bond acceptors (Lipinski definition) is 3. The van der Waals surface area contributed by atoms with Gasteiger partial charge in [-0.3, -0.25) is 4.79 Å². The van der Waals surface area contributed by atoms with E-state index in [1.165, 1.54) is 6.07 Å².